The molecule has 2 aliphatic rings. The molecule has 1 aromatic rings. The summed E-state index contributed by atoms with van der Waals surface area (Å²) in [5.74, 6) is -4.44. The predicted molar refractivity (Wildman–Crippen MR) is 100 cm³/mol. The first-order valence-corrected chi connectivity index (χ1v) is 9.93. The van der Waals surface area contributed by atoms with E-state index in [0.717, 1.165) is 16.2 Å². The Bertz CT molecular complexity index is 991. The number of hydrogen-bond acceptors (Lipinski definition) is 9. The molecule has 0 aliphatic carbocycles. The number of amides is 2. The zero-order valence-corrected chi connectivity index (χ0v) is 16.3. The molecule has 0 saturated carbocycles. The van der Waals surface area contributed by atoms with Gasteiger partial charge in [-0.1, -0.05) is 5.16 Å². The summed E-state index contributed by atoms with van der Waals surface area (Å²) in [5.41, 5.74) is 4.73. The lowest BCUT2D eigenvalue weighted by atomic mass is 10.0. The first kappa shape index (κ1) is 21.6. The quantitative estimate of drug-likeness (QED) is 0.307. The minimum Gasteiger partial charge on any atom is -0.477 e. The number of carboxylic acid groups (broad SMARTS) is 1. The van der Waals surface area contributed by atoms with Gasteiger partial charge >= 0.3 is 12.0 Å². The number of nitrogen functional groups attached to an aromatic ring is 1. The van der Waals surface area contributed by atoms with Crippen LogP contribution in [-0.2, 0) is 19.2 Å². The second-order valence-electron chi connectivity index (χ2n) is 5.73. The number of carbonyl (C=O) groups excluding carboxylic acids is 2. The van der Waals surface area contributed by atoms with Gasteiger partial charge < -0.3 is 21.0 Å². The van der Waals surface area contributed by atoms with E-state index in [9.17, 15) is 27.6 Å². The lowest BCUT2D eigenvalue weighted by molar-refractivity contribution is -0.150. The first-order chi connectivity index (χ1) is 14.2. The molecule has 1 aromatic heterocycles. The van der Waals surface area contributed by atoms with Crippen molar-refractivity contribution in [2.24, 2.45) is 5.16 Å². The van der Waals surface area contributed by atoms with Crippen molar-refractivity contribution in [2.75, 3.05) is 18.1 Å². The third kappa shape index (κ3) is 4.25. The smallest absolute Gasteiger partial charge is 0.352 e. The fraction of sp³-hybridized carbons (Fsp3) is 0.267. The Morgan fingerprint density at radius 1 is 1.43 bits per heavy atom. The summed E-state index contributed by atoms with van der Waals surface area (Å²) in [6.07, 6.45) is -1.21. The lowest BCUT2D eigenvalue weighted by Crippen LogP contribution is -2.70. The van der Waals surface area contributed by atoms with Gasteiger partial charge in [-0.25, -0.2) is 14.2 Å². The zero-order valence-electron chi connectivity index (χ0n) is 14.7. The number of rotatable bonds is 7. The number of nitrogens with two attached hydrogens (primary N) is 1. The van der Waals surface area contributed by atoms with Crippen molar-refractivity contribution < 1.29 is 37.5 Å². The molecule has 10 nitrogen and oxygen atoms in total. The second-order valence-corrected chi connectivity index (χ2v) is 7.77. The van der Waals surface area contributed by atoms with Crippen LogP contribution in [0.5, 0.6) is 0 Å². The second kappa shape index (κ2) is 8.74. The van der Waals surface area contributed by atoms with Gasteiger partial charge in [-0.2, -0.15) is 8.78 Å². The van der Waals surface area contributed by atoms with Crippen LogP contribution in [0.15, 0.2) is 34.2 Å². The molecule has 160 valence electrons. The normalized spacial score (nSPS) is 20.6. The SMILES string of the molecule is Nc1nc(/C(=N/OCC(F)=C(F)F)C(=O)NC2C(=O)N3C(C(=O)O)=CCS[C@H]23)cs1. The molecular formula is C15H12F3N5O5S2. The van der Waals surface area contributed by atoms with Crippen LogP contribution >= 0.6 is 23.1 Å². The van der Waals surface area contributed by atoms with Gasteiger partial charge in [0.2, 0.25) is 5.83 Å². The number of fused-ring (bicyclic) bond motifs is 1. The third-order valence-corrected chi connectivity index (χ3v) is 5.74. The summed E-state index contributed by atoms with van der Waals surface area (Å²) < 4.78 is 37.2. The van der Waals surface area contributed by atoms with E-state index in [1.165, 1.54) is 23.2 Å². The summed E-state index contributed by atoms with van der Waals surface area (Å²) in [6, 6.07) is -1.06. The van der Waals surface area contributed by atoms with Crippen molar-refractivity contribution in [3.05, 3.63) is 34.8 Å². The number of thiazole rings is 1. The van der Waals surface area contributed by atoms with Gasteiger partial charge in [0, 0.05) is 11.1 Å². The first-order valence-electron chi connectivity index (χ1n) is 8.00. The van der Waals surface area contributed by atoms with E-state index in [1.807, 2.05) is 0 Å². The number of anilines is 1. The molecule has 4 N–H and O–H groups in total. The Labute approximate surface area is 174 Å². The van der Waals surface area contributed by atoms with Crippen molar-refractivity contribution in [1.29, 1.82) is 0 Å². The number of hydrogen-bond donors (Lipinski definition) is 3. The highest BCUT2D eigenvalue weighted by molar-refractivity contribution is 8.00. The maximum absolute atomic E-state index is 12.9. The molecule has 2 aliphatic heterocycles. The van der Waals surface area contributed by atoms with E-state index in [1.54, 1.807) is 0 Å². The summed E-state index contributed by atoms with van der Waals surface area (Å²) in [4.78, 5) is 45.6. The third-order valence-electron chi connectivity index (χ3n) is 3.88. The number of nitrogens with one attached hydrogen (secondary N) is 1. The minimum absolute atomic E-state index is 0.0661. The number of aliphatic carboxylic acids is 1. The van der Waals surface area contributed by atoms with Crippen LogP contribution in [-0.4, -0.2) is 62.3 Å². The van der Waals surface area contributed by atoms with Crippen LogP contribution in [0.3, 0.4) is 0 Å². The van der Waals surface area contributed by atoms with Crippen molar-refractivity contribution in [1.82, 2.24) is 15.2 Å². The van der Waals surface area contributed by atoms with Gasteiger partial charge in [0.15, 0.2) is 17.5 Å². The van der Waals surface area contributed by atoms with E-state index in [4.69, 9.17) is 10.8 Å². The van der Waals surface area contributed by atoms with Crippen LogP contribution < -0.4 is 11.1 Å². The summed E-state index contributed by atoms with van der Waals surface area (Å²) in [5, 5.41) is 15.7. The van der Waals surface area contributed by atoms with Crippen LogP contribution in [0, 0.1) is 0 Å². The average molecular weight is 463 g/mol. The van der Waals surface area contributed by atoms with Gasteiger partial charge in [-0.05, 0) is 6.08 Å². The van der Waals surface area contributed by atoms with Gasteiger partial charge in [0.25, 0.3) is 11.8 Å². The molecule has 1 fully saturated rings. The fourth-order valence-corrected chi connectivity index (χ4v) is 4.30. The maximum Gasteiger partial charge on any atom is 0.352 e. The Balaban J connectivity index is 1.76. The van der Waals surface area contributed by atoms with E-state index in [2.05, 4.69) is 20.3 Å². The molecule has 2 amide bonds. The Morgan fingerprint density at radius 3 is 2.77 bits per heavy atom. The highest BCUT2D eigenvalue weighted by atomic mass is 32.2. The molecule has 3 heterocycles. The molecule has 1 unspecified atom stereocenters. The number of β-lactam (4-membered cyclic amide) rings is 1. The van der Waals surface area contributed by atoms with Crippen molar-refractivity contribution in [3.8, 4) is 0 Å². The maximum atomic E-state index is 12.9. The van der Waals surface area contributed by atoms with E-state index in [0.29, 0.717) is 5.75 Å². The number of nitrogens with zero attached hydrogens (tertiary/aromatic N) is 3. The van der Waals surface area contributed by atoms with E-state index >= 15 is 0 Å². The molecule has 2 atom stereocenters. The monoisotopic (exact) mass is 463 g/mol. The summed E-state index contributed by atoms with van der Waals surface area (Å²) >= 11 is 2.18. The van der Waals surface area contributed by atoms with E-state index in [-0.39, 0.29) is 16.5 Å². The number of halogens is 3. The van der Waals surface area contributed by atoms with E-state index < -0.39 is 53.4 Å². The van der Waals surface area contributed by atoms with Crippen LogP contribution in [0.2, 0.25) is 0 Å². The topological polar surface area (TPSA) is 147 Å². The highest BCUT2D eigenvalue weighted by Gasteiger charge is 2.53. The summed E-state index contributed by atoms with van der Waals surface area (Å²) in [6.45, 7) is -1.22. The van der Waals surface area contributed by atoms with Crippen LogP contribution in [0.25, 0.3) is 0 Å². The Hall–Kier alpha value is -3.07. The molecule has 0 bridgehead atoms. The standard InChI is InChI=1S/C15H12F3N5O5S2/c16-5(10(17)18)3-28-22-8(6-4-30-15(19)20-6)11(24)21-9-12(25)23-7(14(26)27)1-2-29-13(9)23/h1,4,9,13H,2-3H2,(H2,19,20)(H,21,24)(H,26,27)/b22-8-/t9?,13-/m1/s1. The molecule has 15 heteroatoms. The fourth-order valence-electron chi connectivity index (χ4n) is 2.56. The molecule has 30 heavy (non-hydrogen) atoms. The molecular weight excluding hydrogens is 451 g/mol. The minimum atomic E-state index is -2.59. The summed E-state index contributed by atoms with van der Waals surface area (Å²) in [7, 11) is 0. The highest BCUT2D eigenvalue weighted by Crippen LogP contribution is 2.37. The zero-order chi connectivity index (χ0) is 22.0. The molecule has 3 rings (SSSR count). The van der Waals surface area contributed by atoms with Crippen LogP contribution in [0.4, 0.5) is 18.3 Å². The number of thioether (sulfide) groups is 1. The Kier molecular flexibility index (Phi) is 6.31. The van der Waals surface area contributed by atoms with Crippen molar-refractivity contribution in [2.45, 2.75) is 11.4 Å². The predicted octanol–water partition coefficient (Wildman–Crippen LogP) is 0.892. The Morgan fingerprint density at radius 2 is 2.17 bits per heavy atom. The molecule has 0 radical (unpaired) electrons. The molecule has 1 saturated heterocycles. The van der Waals surface area contributed by atoms with Crippen LogP contribution in [0.1, 0.15) is 5.69 Å². The molecule has 0 aromatic carbocycles. The number of oxime groups is 1. The van der Waals surface area contributed by atoms with Gasteiger partial charge in [0.1, 0.15) is 22.8 Å². The van der Waals surface area contributed by atoms with Crippen molar-refractivity contribution >= 4 is 51.7 Å². The number of carbonyl (C=O) groups is 3. The lowest BCUT2D eigenvalue weighted by Gasteiger charge is -2.48. The van der Waals surface area contributed by atoms with Crippen molar-refractivity contribution in [3.63, 3.8) is 0 Å². The van der Waals surface area contributed by atoms with Gasteiger partial charge in [-0.3, -0.25) is 14.5 Å². The number of aromatic nitrogens is 1. The largest absolute Gasteiger partial charge is 0.477 e. The average Bonchev–Trinajstić information content (AvgIpc) is 3.13. The van der Waals surface area contributed by atoms with Gasteiger partial charge in [-0.15, -0.1) is 23.1 Å². The van der Waals surface area contributed by atoms with Gasteiger partial charge in [0.05, 0.1) is 0 Å². The number of carboxylic acids is 1. The molecule has 0 spiro atoms.